The number of rotatable bonds is 9. The van der Waals surface area contributed by atoms with Gasteiger partial charge in [0.1, 0.15) is 8.24 Å². The van der Waals surface area contributed by atoms with E-state index in [9.17, 15) is 0 Å². The highest BCUT2D eigenvalue weighted by molar-refractivity contribution is 6.82. The molecule has 5 heteroatoms. The van der Waals surface area contributed by atoms with E-state index < -0.39 is 25.6 Å². The van der Waals surface area contributed by atoms with Gasteiger partial charge in [-0.05, 0) is 31.1 Å². The molecule has 1 atom stereocenters. The molecule has 2 nitrogen and oxygen atoms in total. The van der Waals surface area contributed by atoms with Crippen molar-refractivity contribution in [1.29, 1.82) is 0 Å². The standard InChI is InChI=1S/C16H39NOSi3/c1-11-13-14-17(20(6,7)8)15-19(12-2)18-21(9,10)16(3,4)5/h12,19H,2,11,13-15H2,1,3-10H3. The van der Waals surface area contributed by atoms with E-state index in [1.165, 1.54) is 19.4 Å². The van der Waals surface area contributed by atoms with Gasteiger partial charge in [-0.2, -0.15) is 0 Å². The second-order valence-corrected chi connectivity index (χ2v) is 21.0. The van der Waals surface area contributed by atoms with Crippen LogP contribution in [0.5, 0.6) is 0 Å². The van der Waals surface area contributed by atoms with Crippen molar-refractivity contribution >= 4 is 25.6 Å². The fourth-order valence-corrected chi connectivity index (χ4v) is 11.4. The Kier molecular flexibility index (Phi) is 8.37. The lowest BCUT2D eigenvalue weighted by Crippen LogP contribution is -2.54. The molecule has 0 radical (unpaired) electrons. The van der Waals surface area contributed by atoms with E-state index in [0.29, 0.717) is 0 Å². The molecule has 0 rings (SSSR count). The van der Waals surface area contributed by atoms with E-state index in [2.05, 4.69) is 77.3 Å². The van der Waals surface area contributed by atoms with Gasteiger partial charge in [-0.1, -0.05) is 59.5 Å². The first-order valence-corrected chi connectivity index (χ1v) is 16.7. The second kappa shape index (κ2) is 8.24. The topological polar surface area (TPSA) is 12.5 Å². The van der Waals surface area contributed by atoms with Crippen LogP contribution < -0.4 is 0 Å². The molecule has 0 aliphatic rings. The molecule has 0 fully saturated rings. The van der Waals surface area contributed by atoms with Crippen molar-refractivity contribution in [3.63, 3.8) is 0 Å². The zero-order valence-electron chi connectivity index (χ0n) is 16.0. The van der Waals surface area contributed by atoms with Crippen LogP contribution in [0.25, 0.3) is 0 Å². The SMILES string of the molecule is C=C[SiH](CN(CCCC)[Si](C)(C)C)O[Si](C)(C)C(C)(C)C. The van der Waals surface area contributed by atoms with Gasteiger partial charge in [0.05, 0.1) is 0 Å². The van der Waals surface area contributed by atoms with Crippen LogP contribution >= 0.6 is 0 Å². The molecule has 0 aromatic heterocycles. The average molecular weight is 346 g/mol. The maximum Gasteiger partial charge on any atom is 0.201 e. The Morgan fingerprint density at radius 1 is 1.14 bits per heavy atom. The number of nitrogens with zero attached hydrogens (tertiary/aromatic N) is 1. The lowest BCUT2D eigenvalue weighted by Gasteiger charge is -2.41. The molecule has 0 saturated carbocycles. The summed E-state index contributed by atoms with van der Waals surface area (Å²) in [5, 5.41) is 0.286. The lowest BCUT2D eigenvalue weighted by atomic mass is 10.2. The second-order valence-electron chi connectivity index (χ2n) is 8.62. The van der Waals surface area contributed by atoms with Gasteiger partial charge in [0.25, 0.3) is 0 Å². The summed E-state index contributed by atoms with van der Waals surface area (Å²) >= 11 is 0. The van der Waals surface area contributed by atoms with E-state index in [4.69, 9.17) is 4.12 Å². The molecule has 21 heavy (non-hydrogen) atoms. The molecule has 0 aliphatic heterocycles. The normalized spacial score (nSPS) is 15.3. The highest BCUT2D eigenvalue weighted by Crippen LogP contribution is 2.37. The fraction of sp³-hybridized carbons (Fsp3) is 0.875. The van der Waals surface area contributed by atoms with Gasteiger partial charge in [-0.15, -0.1) is 6.58 Å². The Hall–Kier alpha value is 0.311. The van der Waals surface area contributed by atoms with E-state index in [1.54, 1.807) is 0 Å². The molecule has 126 valence electrons. The first-order valence-electron chi connectivity index (χ1n) is 8.40. The van der Waals surface area contributed by atoms with Crippen LogP contribution in [0.15, 0.2) is 12.3 Å². The third kappa shape index (κ3) is 7.41. The van der Waals surface area contributed by atoms with Crippen LogP contribution in [0.3, 0.4) is 0 Å². The smallest absolute Gasteiger partial charge is 0.201 e. The molecular formula is C16H39NOSi3. The summed E-state index contributed by atoms with van der Waals surface area (Å²) in [6, 6.07) is 0. The van der Waals surface area contributed by atoms with Gasteiger partial charge in [0.15, 0.2) is 8.32 Å². The van der Waals surface area contributed by atoms with E-state index >= 15 is 0 Å². The first-order chi connectivity index (χ1) is 9.35. The Bertz CT molecular complexity index is 318. The van der Waals surface area contributed by atoms with Gasteiger partial charge >= 0.3 is 0 Å². The summed E-state index contributed by atoms with van der Waals surface area (Å²) in [4.78, 5) is 0. The number of hydrogen-bond donors (Lipinski definition) is 0. The molecule has 0 spiro atoms. The van der Waals surface area contributed by atoms with E-state index in [0.717, 1.165) is 6.17 Å². The molecule has 0 amide bonds. The summed E-state index contributed by atoms with van der Waals surface area (Å²) < 4.78 is 9.44. The average Bonchev–Trinajstić information content (AvgIpc) is 2.29. The highest BCUT2D eigenvalue weighted by atomic mass is 28.4. The predicted octanol–water partition coefficient (Wildman–Crippen LogP) is 4.93. The van der Waals surface area contributed by atoms with Crippen molar-refractivity contribution in [1.82, 2.24) is 4.57 Å². The quantitative estimate of drug-likeness (QED) is 0.549. The lowest BCUT2D eigenvalue weighted by molar-refractivity contribution is 0.432. The van der Waals surface area contributed by atoms with E-state index in [-0.39, 0.29) is 5.04 Å². The minimum Gasteiger partial charge on any atom is -0.453 e. The molecule has 0 bridgehead atoms. The molecule has 0 aromatic rings. The molecule has 0 aliphatic carbocycles. The third-order valence-corrected chi connectivity index (χ3v) is 15.8. The molecule has 0 aromatic carbocycles. The van der Waals surface area contributed by atoms with Crippen molar-refractivity contribution in [2.75, 3.05) is 12.7 Å². The third-order valence-electron chi connectivity index (χ3n) is 4.65. The summed E-state index contributed by atoms with van der Waals surface area (Å²) in [6.07, 6.45) is 3.71. The van der Waals surface area contributed by atoms with Crippen molar-refractivity contribution in [3.8, 4) is 0 Å². The molecular weight excluding hydrogens is 306 g/mol. The van der Waals surface area contributed by atoms with E-state index in [1.807, 2.05) is 0 Å². The molecule has 1 unspecified atom stereocenters. The molecule has 0 N–H and O–H groups in total. The van der Waals surface area contributed by atoms with Gasteiger partial charge < -0.3 is 8.68 Å². The maximum absolute atomic E-state index is 6.70. The van der Waals surface area contributed by atoms with Gasteiger partial charge in [0, 0.05) is 6.17 Å². The minimum atomic E-state index is -1.67. The Morgan fingerprint density at radius 3 is 2.00 bits per heavy atom. The maximum atomic E-state index is 6.70. The van der Waals surface area contributed by atoms with Gasteiger partial charge in [0.2, 0.25) is 9.04 Å². The largest absolute Gasteiger partial charge is 0.453 e. The zero-order chi connectivity index (χ0) is 16.9. The summed E-state index contributed by atoms with van der Waals surface area (Å²) in [5.74, 6) is 0. The van der Waals surface area contributed by atoms with Crippen LogP contribution in [-0.4, -0.2) is 42.9 Å². The van der Waals surface area contributed by atoms with Crippen LogP contribution in [0.4, 0.5) is 0 Å². The summed E-state index contributed by atoms with van der Waals surface area (Å²) in [6.45, 7) is 26.6. The van der Waals surface area contributed by atoms with Gasteiger partial charge in [-0.3, -0.25) is 0 Å². The van der Waals surface area contributed by atoms with Crippen LogP contribution in [0, 0.1) is 0 Å². The van der Waals surface area contributed by atoms with Crippen LogP contribution in [0.1, 0.15) is 40.5 Å². The number of hydrogen-bond acceptors (Lipinski definition) is 2. The van der Waals surface area contributed by atoms with Crippen LogP contribution in [-0.2, 0) is 4.12 Å². The fourth-order valence-electron chi connectivity index (χ4n) is 1.98. The zero-order valence-corrected chi connectivity index (χ0v) is 19.2. The Labute approximate surface area is 137 Å². The Balaban J connectivity index is 4.90. The van der Waals surface area contributed by atoms with Crippen molar-refractivity contribution in [2.24, 2.45) is 0 Å². The minimum absolute atomic E-state index is 0.286. The Morgan fingerprint density at radius 2 is 1.67 bits per heavy atom. The van der Waals surface area contributed by atoms with Crippen molar-refractivity contribution in [2.45, 2.75) is 78.3 Å². The highest BCUT2D eigenvalue weighted by Gasteiger charge is 2.39. The predicted molar refractivity (Wildman–Crippen MR) is 105 cm³/mol. The first kappa shape index (κ1) is 21.3. The van der Waals surface area contributed by atoms with Crippen LogP contribution in [0.2, 0.25) is 37.8 Å². The summed E-state index contributed by atoms with van der Waals surface area (Å²) in [5.41, 5.74) is 2.15. The summed E-state index contributed by atoms with van der Waals surface area (Å²) in [7, 11) is -4.29. The van der Waals surface area contributed by atoms with Gasteiger partial charge in [-0.25, -0.2) is 0 Å². The molecule has 0 saturated heterocycles. The number of unbranched alkanes of at least 4 members (excludes halogenated alkanes) is 1. The van der Waals surface area contributed by atoms with Crippen molar-refractivity contribution < 1.29 is 4.12 Å². The monoisotopic (exact) mass is 345 g/mol. The van der Waals surface area contributed by atoms with Crippen molar-refractivity contribution in [3.05, 3.63) is 12.3 Å². The molecule has 0 heterocycles.